The van der Waals surface area contributed by atoms with E-state index in [9.17, 15) is 9.59 Å². The summed E-state index contributed by atoms with van der Waals surface area (Å²) in [4.78, 5) is 32.5. The Bertz CT molecular complexity index is 1250. The number of para-hydroxylation sites is 1. The van der Waals surface area contributed by atoms with Crippen molar-refractivity contribution in [1.82, 2.24) is 20.9 Å². The van der Waals surface area contributed by atoms with Gasteiger partial charge < -0.3 is 20.7 Å². The largest absolute Gasteiger partial charge is 0.457 e. The van der Waals surface area contributed by atoms with Crippen LogP contribution in [0.15, 0.2) is 71.9 Å². The Morgan fingerprint density at radius 1 is 1.11 bits per heavy atom. The number of ether oxygens (including phenoxy) is 1. The molecule has 1 fully saturated rings. The monoisotopic (exact) mass is 487 g/mol. The number of pyridine rings is 1. The van der Waals surface area contributed by atoms with Gasteiger partial charge in [-0.05, 0) is 67.9 Å². The number of benzene rings is 2. The molecule has 3 N–H and O–H groups in total. The second kappa shape index (κ2) is 9.24. The number of amides is 3. The molecule has 3 atom stereocenters. The third-order valence-electron chi connectivity index (χ3n) is 6.57. The fourth-order valence-corrected chi connectivity index (χ4v) is 6.05. The highest BCUT2D eigenvalue weighted by Gasteiger charge is 2.46. The minimum Gasteiger partial charge on any atom is -0.457 e. The van der Waals surface area contributed by atoms with Crippen molar-refractivity contribution in [2.45, 2.75) is 22.7 Å². The van der Waals surface area contributed by atoms with E-state index in [0.29, 0.717) is 23.9 Å². The predicted octanol–water partition coefficient (Wildman–Crippen LogP) is 3.98. The summed E-state index contributed by atoms with van der Waals surface area (Å²) in [5.74, 6) is 1.81. The summed E-state index contributed by atoms with van der Waals surface area (Å²) in [5.41, 5.74) is 2.36. The normalized spacial score (nSPS) is 22.5. The summed E-state index contributed by atoms with van der Waals surface area (Å²) in [6.07, 6.45) is 2.76. The van der Waals surface area contributed by atoms with Crippen molar-refractivity contribution in [1.29, 1.82) is 0 Å². The van der Waals surface area contributed by atoms with Crippen molar-refractivity contribution in [3.05, 3.63) is 72.4 Å². The van der Waals surface area contributed by atoms with E-state index < -0.39 is 11.3 Å². The number of nitrogens with one attached hydrogen (secondary N) is 3. The van der Waals surface area contributed by atoms with Gasteiger partial charge in [0.25, 0.3) is 0 Å². The number of carbonyl (C=O) groups is 2. The molecule has 2 aromatic carbocycles. The van der Waals surface area contributed by atoms with Gasteiger partial charge in [-0.1, -0.05) is 30.0 Å². The molecule has 3 aromatic rings. The molecule has 0 aliphatic carbocycles. The Labute approximate surface area is 207 Å². The molecule has 0 bridgehead atoms. The van der Waals surface area contributed by atoms with Crippen LogP contribution in [-0.4, -0.2) is 41.8 Å². The predicted molar refractivity (Wildman–Crippen MR) is 134 cm³/mol. The van der Waals surface area contributed by atoms with E-state index in [1.807, 2.05) is 60.7 Å². The molecule has 3 unspecified atom stereocenters. The lowest BCUT2D eigenvalue weighted by Gasteiger charge is -2.34. The number of anilines is 2. The van der Waals surface area contributed by atoms with E-state index in [2.05, 4.69) is 20.9 Å². The molecule has 1 aromatic heterocycles. The maximum absolute atomic E-state index is 13.3. The van der Waals surface area contributed by atoms with Crippen LogP contribution < -0.4 is 25.6 Å². The summed E-state index contributed by atoms with van der Waals surface area (Å²) >= 11 is 1.42. The lowest BCUT2D eigenvalue weighted by atomic mass is 9.99. The van der Waals surface area contributed by atoms with Gasteiger partial charge in [-0.3, -0.25) is 9.69 Å². The van der Waals surface area contributed by atoms with Crippen LogP contribution in [-0.2, 0) is 4.79 Å². The quantitative estimate of drug-likeness (QED) is 0.487. The Kier molecular flexibility index (Phi) is 5.79. The second-order valence-electron chi connectivity index (χ2n) is 8.86. The van der Waals surface area contributed by atoms with Crippen LogP contribution in [0, 0.1) is 5.92 Å². The highest BCUT2D eigenvalue weighted by molar-refractivity contribution is 8.01. The van der Waals surface area contributed by atoms with Crippen molar-refractivity contribution in [3.8, 4) is 11.5 Å². The fraction of sp³-hybridized carbons (Fsp3) is 0.269. The molecule has 8 nitrogen and oxygen atoms in total. The minimum atomic E-state index is -0.444. The molecule has 3 aliphatic heterocycles. The van der Waals surface area contributed by atoms with E-state index in [0.717, 1.165) is 41.5 Å². The van der Waals surface area contributed by atoms with Gasteiger partial charge in [0.15, 0.2) is 0 Å². The second-order valence-corrected chi connectivity index (χ2v) is 9.99. The Balaban J connectivity index is 1.22. The van der Waals surface area contributed by atoms with Crippen molar-refractivity contribution in [3.63, 3.8) is 0 Å². The molecule has 9 heteroatoms. The average molecular weight is 488 g/mol. The maximum atomic E-state index is 13.3. The lowest BCUT2D eigenvalue weighted by molar-refractivity contribution is -0.121. The van der Waals surface area contributed by atoms with Gasteiger partial charge in [0.1, 0.15) is 21.8 Å². The Hall–Kier alpha value is -3.56. The third kappa shape index (κ3) is 4.21. The third-order valence-corrected chi connectivity index (χ3v) is 7.85. The maximum Gasteiger partial charge on any atom is 0.327 e. The number of rotatable bonds is 6. The van der Waals surface area contributed by atoms with Crippen LogP contribution >= 0.6 is 11.8 Å². The number of hydrogen-bond donors (Lipinski definition) is 3. The molecule has 6 rings (SSSR count). The number of thioether (sulfide) groups is 1. The van der Waals surface area contributed by atoms with Gasteiger partial charge >= 0.3 is 6.03 Å². The highest BCUT2D eigenvalue weighted by atomic mass is 32.2. The van der Waals surface area contributed by atoms with Crippen LogP contribution in [0.2, 0.25) is 0 Å². The van der Waals surface area contributed by atoms with Gasteiger partial charge in [-0.2, -0.15) is 0 Å². The number of nitrogens with zero attached hydrogens (tertiary/aromatic N) is 2. The standard InChI is InChI=1S/C26H25N5O3S/c32-24(29-15-16-10-12-27-14-16)23-22-21-20(11-13-28-25(21)35-23)31(26(33)30-22)17-6-8-19(9-7-17)34-18-4-2-1-3-5-18/h1-9,11,13,16,22-23,27H,10,12,14-15H2,(H,29,32)(H,30,33). The Morgan fingerprint density at radius 3 is 2.69 bits per heavy atom. The van der Waals surface area contributed by atoms with E-state index >= 15 is 0 Å². The SMILES string of the molecule is O=C(NCC1CCNC1)C1Sc2nccc3c2C1NC(=O)N3c1ccc(Oc2ccccc2)cc1. The van der Waals surface area contributed by atoms with Crippen LogP contribution in [0.4, 0.5) is 16.2 Å². The first-order valence-corrected chi connectivity index (χ1v) is 12.6. The van der Waals surface area contributed by atoms with Gasteiger partial charge in [0.2, 0.25) is 5.91 Å². The van der Waals surface area contributed by atoms with Crippen molar-refractivity contribution < 1.29 is 14.3 Å². The zero-order valence-electron chi connectivity index (χ0n) is 18.9. The molecule has 178 valence electrons. The van der Waals surface area contributed by atoms with Crippen molar-refractivity contribution >= 4 is 35.1 Å². The van der Waals surface area contributed by atoms with E-state index in [4.69, 9.17) is 4.74 Å². The number of aromatic nitrogens is 1. The molecule has 0 radical (unpaired) electrons. The molecule has 3 aliphatic rings. The average Bonchev–Trinajstić information content (AvgIpc) is 3.53. The topological polar surface area (TPSA) is 95.6 Å². The smallest absolute Gasteiger partial charge is 0.327 e. The first kappa shape index (κ1) is 21.9. The summed E-state index contributed by atoms with van der Waals surface area (Å²) in [7, 11) is 0. The summed E-state index contributed by atoms with van der Waals surface area (Å²) in [6, 6.07) is 18.1. The molecular formula is C26H25N5O3S. The van der Waals surface area contributed by atoms with Gasteiger partial charge in [-0.25, -0.2) is 9.78 Å². The molecule has 0 spiro atoms. The summed E-state index contributed by atoms with van der Waals surface area (Å²) in [6.45, 7) is 2.56. The van der Waals surface area contributed by atoms with Crippen LogP contribution in [0.1, 0.15) is 18.0 Å². The lowest BCUT2D eigenvalue weighted by Crippen LogP contribution is -2.49. The molecule has 35 heavy (non-hydrogen) atoms. The molecule has 3 amide bonds. The number of hydrogen-bond acceptors (Lipinski definition) is 6. The number of urea groups is 1. The van der Waals surface area contributed by atoms with Gasteiger partial charge in [-0.15, -0.1) is 0 Å². The molecule has 4 heterocycles. The van der Waals surface area contributed by atoms with E-state index in [1.165, 1.54) is 11.8 Å². The number of carbonyl (C=O) groups excluding carboxylic acids is 2. The fourth-order valence-electron chi connectivity index (χ4n) is 4.80. The first-order valence-electron chi connectivity index (χ1n) is 11.7. The first-order chi connectivity index (χ1) is 17.2. The zero-order valence-corrected chi connectivity index (χ0v) is 19.8. The van der Waals surface area contributed by atoms with Crippen LogP contribution in [0.5, 0.6) is 11.5 Å². The van der Waals surface area contributed by atoms with E-state index in [1.54, 1.807) is 11.1 Å². The summed E-state index contributed by atoms with van der Waals surface area (Å²) in [5, 5.41) is 9.80. The molecule has 0 saturated carbocycles. The summed E-state index contributed by atoms with van der Waals surface area (Å²) < 4.78 is 5.88. The van der Waals surface area contributed by atoms with Gasteiger partial charge in [0, 0.05) is 18.3 Å². The Morgan fingerprint density at radius 2 is 1.91 bits per heavy atom. The van der Waals surface area contributed by atoms with Crippen LogP contribution in [0.3, 0.4) is 0 Å². The zero-order chi connectivity index (χ0) is 23.8. The van der Waals surface area contributed by atoms with Crippen molar-refractivity contribution in [2.24, 2.45) is 5.92 Å². The van der Waals surface area contributed by atoms with Gasteiger partial charge in [0.05, 0.1) is 17.4 Å². The minimum absolute atomic E-state index is 0.0630. The van der Waals surface area contributed by atoms with Crippen LogP contribution in [0.25, 0.3) is 0 Å². The van der Waals surface area contributed by atoms with E-state index in [-0.39, 0.29) is 11.9 Å². The molecular weight excluding hydrogens is 462 g/mol. The highest BCUT2D eigenvalue weighted by Crippen LogP contribution is 2.50. The van der Waals surface area contributed by atoms with Crippen molar-refractivity contribution in [2.75, 3.05) is 24.5 Å². The molecule has 1 saturated heterocycles.